The van der Waals surface area contributed by atoms with Crippen molar-refractivity contribution in [2.75, 3.05) is 26.2 Å². The van der Waals surface area contributed by atoms with Gasteiger partial charge in [-0.2, -0.15) is 0 Å². The highest BCUT2D eigenvalue weighted by atomic mass is 16.8. The van der Waals surface area contributed by atoms with Gasteiger partial charge in [0.2, 0.25) is 11.8 Å². The van der Waals surface area contributed by atoms with Crippen molar-refractivity contribution in [3.05, 3.63) is 0 Å². The predicted molar refractivity (Wildman–Crippen MR) is 89.3 cm³/mol. The van der Waals surface area contributed by atoms with Crippen molar-refractivity contribution in [2.24, 2.45) is 0 Å². The summed E-state index contributed by atoms with van der Waals surface area (Å²) in [7, 11) is 0. The minimum absolute atomic E-state index is 0.254. The van der Waals surface area contributed by atoms with Crippen molar-refractivity contribution in [3.63, 3.8) is 0 Å². The number of hydrogen-bond donors (Lipinski definition) is 0. The zero-order valence-electron chi connectivity index (χ0n) is 15.5. The molecule has 0 aliphatic carbocycles. The lowest BCUT2D eigenvalue weighted by atomic mass is 10.1. The largest absolute Gasteiger partial charge is 0.333 e. The highest BCUT2D eigenvalue weighted by molar-refractivity contribution is 4.91. The Balaban J connectivity index is 1.32. The van der Waals surface area contributed by atoms with Crippen molar-refractivity contribution in [1.82, 2.24) is 9.80 Å². The van der Waals surface area contributed by atoms with Crippen molar-refractivity contribution in [1.29, 1.82) is 0 Å². The summed E-state index contributed by atoms with van der Waals surface area (Å²) >= 11 is 0. The number of nitrogens with zero attached hydrogens (tertiary/aromatic N) is 2. The van der Waals surface area contributed by atoms with Gasteiger partial charge in [0.1, 0.15) is 0 Å². The summed E-state index contributed by atoms with van der Waals surface area (Å²) < 4.78 is 24.7. The van der Waals surface area contributed by atoms with Crippen LogP contribution in [0, 0.1) is 0 Å². The number of unbranched alkanes of at least 4 members (excludes halogenated alkanes) is 1. The molecule has 0 saturated carbocycles. The maximum absolute atomic E-state index is 6.17. The molecule has 0 aromatic carbocycles. The van der Waals surface area contributed by atoms with Crippen molar-refractivity contribution < 1.29 is 18.9 Å². The van der Waals surface area contributed by atoms with Crippen LogP contribution in [0.3, 0.4) is 0 Å². The molecule has 6 heteroatoms. The van der Waals surface area contributed by atoms with Crippen molar-refractivity contribution in [3.8, 4) is 0 Å². The molecule has 0 bridgehead atoms. The van der Waals surface area contributed by atoms with E-state index in [1.54, 1.807) is 0 Å². The van der Waals surface area contributed by atoms with E-state index < -0.39 is 11.8 Å². The highest BCUT2D eigenvalue weighted by Crippen LogP contribution is 2.42. The van der Waals surface area contributed by atoms with Gasteiger partial charge in [0, 0.05) is 39.0 Å². The quantitative estimate of drug-likeness (QED) is 0.715. The van der Waals surface area contributed by atoms with Crippen LogP contribution in [0.5, 0.6) is 0 Å². The molecule has 0 spiro atoms. The first kappa shape index (κ1) is 17.2. The molecule has 0 N–H and O–H groups in total. The van der Waals surface area contributed by atoms with Gasteiger partial charge in [-0.15, -0.1) is 0 Å². The molecule has 0 amide bonds. The van der Waals surface area contributed by atoms with Gasteiger partial charge >= 0.3 is 0 Å². The Labute approximate surface area is 145 Å². The van der Waals surface area contributed by atoms with Crippen LogP contribution in [0.2, 0.25) is 0 Å². The molecule has 4 heterocycles. The topological polar surface area (TPSA) is 43.4 Å². The number of fused-ring (bicyclic) bond motifs is 2. The van der Waals surface area contributed by atoms with E-state index in [2.05, 4.69) is 37.5 Å². The Morgan fingerprint density at radius 3 is 1.21 bits per heavy atom. The Kier molecular flexibility index (Phi) is 4.43. The summed E-state index contributed by atoms with van der Waals surface area (Å²) in [4.78, 5) is 4.74. The fourth-order valence-electron chi connectivity index (χ4n) is 4.96. The van der Waals surface area contributed by atoms with Crippen LogP contribution in [0.15, 0.2) is 0 Å². The van der Waals surface area contributed by atoms with E-state index in [9.17, 15) is 0 Å². The lowest BCUT2D eigenvalue weighted by Crippen LogP contribution is -2.42. The summed E-state index contributed by atoms with van der Waals surface area (Å²) in [5, 5.41) is 0. The molecule has 4 rings (SSSR count). The maximum atomic E-state index is 6.17. The molecular weight excluding hydrogens is 308 g/mol. The minimum Gasteiger partial charge on any atom is -0.333 e. The molecule has 4 unspecified atom stereocenters. The van der Waals surface area contributed by atoms with Gasteiger partial charge in [-0.1, -0.05) is 0 Å². The van der Waals surface area contributed by atoms with Crippen molar-refractivity contribution in [2.45, 2.75) is 89.6 Å². The van der Waals surface area contributed by atoms with Gasteiger partial charge in [0.25, 0.3) is 0 Å². The minimum atomic E-state index is -0.482. The average molecular weight is 340 g/mol. The smallest absolute Gasteiger partial charge is 0.230 e. The normalized spacial score (nSPS) is 49.0. The molecule has 4 aliphatic heterocycles. The monoisotopic (exact) mass is 340 g/mol. The van der Waals surface area contributed by atoms with Crippen LogP contribution in [0.4, 0.5) is 0 Å². The third-order valence-electron chi connectivity index (χ3n) is 5.65. The SMILES string of the molecule is CC1CN2CC(C)OC2(CCCCC23OC(C)CN2CC(C)O3)O1. The molecule has 0 radical (unpaired) electrons. The molecule has 24 heavy (non-hydrogen) atoms. The van der Waals surface area contributed by atoms with Gasteiger partial charge in [0.15, 0.2) is 0 Å². The second-order valence-electron chi connectivity index (χ2n) is 8.16. The molecule has 6 nitrogen and oxygen atoms in total. The Bertz CT molecular complexity index is 404. The van der Waals surface area contributed by atoms with Gasteiger partial charge in [0.05, 0.1) is 24.4 Å². The molecule has 4 aliphatic rings. The first-order chi connectivity index (χ1) is 11.4. The van der Waals surface area contributed by atoms with Crippen molar-refractivity contribution >= 4 is 0 Å². The lowest BCUT2D eigenvalue weighted by Gasteiger charge is -2.31. The second-order valence-corrected chi connectivity index (χ2v) is 8.16. The van der Waals surface area contributed by atoms with E-state index in [4.69, 9.17) is 18.9 Å². The van der Waals surface area contributed by atoms with Gasteiger partial charge in [-0.25, -0.2) is 9.80 Å². The van der Waals surface area contributed by atoms with Crippen LogP contribution in [-0.2, 0) is 18.9 Å². The molecule has 0 aromatic rings. The van der Waals surface area contributed by atoms with E-state index in [-0.39, 0.29) is 24.4 Å². The van der Waals surface area contributed by atoms with Crippen LogP contribution in [-0.4, -0.2) is 72.2 Å². The third kappa shape index (κ3) is 2.91. The standard InChI is InChI=1S/C18H32N2O4/c1-13-9-19-10-14(2)22-17(19,21-13)7-5-6-8-18-20(11-15(3)23-18)12-16(4)24-18/h13-16H,5-12H2,1-4H3. The van der Waals surface area contributed by atoms with E-state index in [0.29, 0.717) is 0 Å². The van der Waals surface area contributed by atoms with E-state index >= 15 is 0 Å². The fraction of sp³-hybridized carbons (Fsp3) is 1.00. The van der Waals surface area contributed by atoms with Gasteiger partial charge in [-0.3, -0.25) is 0 Å². The van der Waals surface area contributed by atoms with Gasteiger partial charge < -0.3 is 18.9 Å². The number of hydrogen-bond acceptors (Lipinski definition) is 6. The summed E-state index contributed by atoms with van der Waals surface area (Å²) in [5.74, 6) is -0.965. The Hall–Kier alpha value is -0.240. The third-order valence-corrected chi connectivity index (χ3v) is 5.65. The predicted octanol–water partition coefficient (Wildman–Crippen LogP) is 2.13. The second kappa shape index (κ2) is 6.18. The molecule has 4 saturated heterocycles. The molecular formula is C18H32N2O4. The first-order valence-corrected chi connectivity index (χ1v) is 9.62. The molecule has 4 atom stereocenters. The lowest BCUT2D eigenvalue weighted by molar-refractivity contribution is -0.265. The van der Waals surface area contributed by atoms with E-state index in [1.807, 2.05) is 0 Å². The zero-order valence-corrected chi connectivity index (χ0v) is 15.5. The average Bonchev–Trinajstić information content (AvgIpc) is 3.10. The van der Waals surface area contributed by atoms with Gasteiger partial charge in [-0.05, 0) is 40.5 Å². The highest BCUT2D eigenvalue weighted by Gasteiger charge is 2.54. The summed E-state index contributed by atoms with van der Waals surface area (Å²) in [6.45, 7) is 12.4. The van der Waals surface area contributed by atoms with Crippen LogP contribution < -0.4 is 0 Å². The van der Waals surface area contributed by atoms with Crippen LogP contribution in [0.25, 0.3) is 0 Å². The number of ether oxygens (including phenoxy) is 4. The Morgan fingerprint density at radius 1 is 0.625 bits per heavy atom. The molecule has 138 valence electrons. The molecule has 4 fully saturated rings. The number of rotatable bonds is 5. The van der Waals surface area contributed by atoms with E-state index in [0.717, 1.165) is 51.9 Å². The van der Waals surface area contributed by atoms with Crippen LogP contribution >= 0.6 is 0 Å². The maximum Gasteiger partial charge on any atom is 0.230 e. The molecule has 0 aromatic heterocycles. The first-order valence-electron chi connectivity index (χ1n) is 9.62. The summed E-state index contributed by atoms with van der Waals surface area (Å²) in [6, 6.07) is 0. The fourth-order valence-corrected chi connectivity index (χ4v) is 4.96. The van der Waals surface area contributed by atoms with E-state index in [1.165, 1.54) is 0 Å². The zero-order chi connectivity index (χ0) is 16.9. The van der Waals surface area contributed by atoms with Crippen LogP contribution in [0.1, 0.15) is 53.4 Å². The summed E-state index contributed by atoms with van der Waals surface area (Å²) in [6.07, 6.45) is 4.97. The summed E-state index contributed by atoms with van der Waals surface area (Å²) in [5.41, 5.74) is 0. The Morgan fingerprint density at radius 2 is 0.917 bits per heavy atom.